The minimum Gasteiger partial charge on any atom is -0.356 e. The number of carbonyl (C=O) groups is 1. The van der Waals surface area contributed by atoms with E-state index in [2.05, 4.69) is 5.32 Å². The van der Waals surface area contributed by atoms with Crippen molar-refractivity contribution in [1.29, 1.82) is 0 Å². The van der Waals surface area contributed by atoms with Crippen molar-refractivity contribution >= 4 is 5.91 Å². The number of carbonyl (C=O) groups excluding carboxylic acids is 1. The maximum Gasteiger partial charge on any atom is 0.220 e. The minimum absolute atomic E-state index is 0.0949. The molecule has 3 N–H and O–H groups in total. The van der Waals surface area contributed by atoms with Crippen LogP contribution in [0, 0.1) is 12.7 Å². The molecule has 0 aliphatic rings. The topological polar surface area (TPSA) is 55.1 Å². The molecular weight excluding hydrogens is 255 g/mol. The van der Waals surface area contributed by atoms with Crippen LogP contribution in [0.5, 0.6) is 0 Å². The van der Waals surface area contributed by atoms with E-state index >= 15 is 0 Å². The standard InChI is InChI=1S/C16H25FN2O/c1-13-12-15(17)8-7-14(13)9-11-19-16(20)6-4-2-3-5-10-18/h7-8,12H,2-6,9-11,18H2,1H3,(H,19,20). The molecule has 0 saturated heterocycles. The number of hydrogen-bond donors (Lipinski definition) is 2. The van der Waals surface area contributed by atoms with Crippen molar-refractivity contribution in [2.75, 3.05) is 13.1 Å². The normalized spacial score (nSPS) is 10.6. The first kappa shape index (κ1) is 16.6. The molecule has 0 aromatic heterocycles. The van der Waals surface area contributed by atoms with Gasteiger partial charge in [0, 0.05) is 13.0 Å². The summed E-state index contributed by atoms with van der Waals surface area (Å²) in [7, 11) is 0. The molecule has 0 unspecified atom stereocenters. The Balaban J connectivity index is 2.15. The van der Waals surface area contributed by atoms with Gasteiger partial charge >= 0.3 is 0 Å². The van der Waals surface area contributed by atoms with Crippen molar-refractivity contribution in [3.63, 3.8) is 0 Å². The lowest BCUT2D eigenvalue weighted by molar-refractivity contribution is -0.121. The van der Waals surface area contributed by atoms with Gasteiger partial charge in [0.15, 0.2) is 0 Å². The summed E-state index contributed by atoms with van der Waals surface area (Å²) >= 11 is 0. The molecule has 1 aromatic rings. The number of amides is 1. The van der Waals surface area contributed by atoms with Crippen LogP contribution in [-0.2, 0) is 11.2 Å². The van der Waals surface area contributed by atoms with E-state index in [9.17, 15) is 9.18 Å². The molecule has 112 valence electrons. The number of hydrogen-bond acceptors (Lipinski definition) is 2. The van der Waals surface area contributed by atoms with Gasteiger partial charge in [0.25, 0.3) is 0 Å². The second-order valence-electron chi connectivity index (χ2n) is 5.12. The molecule has 1 rings (SSSR count). The van der Waals surface area contributed by atoms with Crippen molar-refractivity contribution in [1.82, 2.24) is 5.32 Å². The maximum atomic E-state index is 12.9. The fourth-order valence-corrected chi connectivity index (χ4v) is 2.15. The first-order chi connectivity index (χ1) is 9.63. The molecule has 0 saturated carbocycles. The number of nitrogens with one attached hydrogen (secondary N) is 1. The van der Waals surface area contributed by atoms with E-state index in [1.165, 1.54) is 12.1 Å². The quantitative estimate of drug-likeness (QED) is 0.683. The number of benzene rings is 1. The summed E-state index contributed by atoms with van der Waals surface area (Å²) in [5.41, 5.74) is 7.42. The molecule has 1 amide bonds. The molecule has 0 radical (unpaired) electrons. The van der Waals surface area contributed by atoms with Gasteiger partial charge in [0.05, 0.1) is 0 Å². The molecule has 0 heterocycles. The first-order valence-electron chi connectivity index (χ1n) is 7.35. The molecule has 0 aliphatic heterocycles. The van der Waals surface area contributed by atoms with E-state index in [0.717, 1.165) is 49.8 Å². The number of rotatable bonds is 9. The highest BCUT2D eigenvalue weighted by Crippen LogP contribution is 2.10. The van der Waals surface area contributed by atoms with Crippen molar-refractivity contribution in [3.8, 4) is 0 Å². The fourth-order valence-electron chi connectivity index (χ4n) is 2.15. The largest absolute Gasteiger partial charge is 0.356 e. The second-order valence-corrected chi connectivity index (χ2v) is 5.12. The monoisotopic (exact) mass is 280 g/mol. The van der Waals surface area contributed by atoms with Crippen LogP contribution in [0.1, 0.15) is 43.2 Å². The van der Waals surface area contributed by atoms with E-state index in [4.69, 9.17) is 5.73 Å². The average Bonchev–Trinajstić information content (AvgIpc) is 2.41. The van der Waals surface area contributed by atoms with E-state index in [0.29, 0.717) is 13.0 Å². The van der Waals surface area contributed by atoms with Crippen LogP contribution < -0.4 is 11.1 Å². The lowest BCUT2D eigenvalue weighted by Crippen LogP contribution is -2.25. The van der Waals surface area contributed by atoms with Crippen molar-refractivity contribution < 1.29 is 9.18 Å². The molecule has 3 nitrogen and oxygen atoms in total. The van der Waals surface area contributed by atoms with Gasteiger partial charge in [-0.1, -0.05) is 18.9 Å². The van der Waals surface area contributed by atoms with Crippen LogP contribution in [0.2, 0.25) is 0 Å². The van der Waals surface area contributed by atoms with Gasteiger partial charge < -0.3 is 11.1 Å². The Morgan fingerprint density at radius 3 is 2.70 bits per heavy atom. The summed E-state index contributed by atoms with van der Waals surface area (Å²) < 4.78 is 12.9. The van der Waals surface area contributed by atoms with Crippen molar-refractivity contribution in [3.05, 3.63) is 35.1 Å². The van der Waals surface area contributed by atoms with Crippen LogP contribution in [0.15, 0.2) is 18.2 Å². The number of nitrogens with two attached hydrogens (primary N) is 1. The van der Waals surface area contributed by atoms with Crippen LogP contribution in [0.25, 0.3) is 0 Å². The Morgan fingerprint density at radius 2 is 2.00 bits per heavy atom. The fraction of sp³-hybridized carbons (Fsp3) is 0.562. The van der Waals surface area contributed by atoms with Crippen LogP contribution >= 0.6 is 0 Å². The average molecular weight is 280 g/mol. The Hall–Kier alpha value is -1.42. The third kappa shape index (κ3) is 6.66. The Labute approximate surface area is 120 Å². The highest BCUT2D eigenvalue weighted by atomic mass is 19.1. The zero-order valence-electron chi connectivity index (χ0n) is 12.3. The predicted octanol–water partition coefficient (Wildman–Crippen LogP) is 2.70. The van der Waals surface area contributed by atoms with Crippen molar-refractivity contribution in [2.45, 2.75) is 45.4 Å². The van der Waals surface area contributed by atoms with E-state index in [-0.39, 0.29) is 11.7 Å². The van der Waals surface area contributed by atoms with Crippen LogP contribution in [0.3, 0.4) is 0 Å². The van der Waals surface area contributed by atoms with Crippen LogP contribution in [0.4, 0.5) is 4.39 Å². The lowest BCUT2D eigenvalue weighted by Gasteiger charge is -2.08. The predicted molar refractivity (Wildman–Crippen MR) is 80.0 cm³/mol. The van der Waals surface area contributed by atoms with Gasteiger partial charge in [-0.3, -0.25) is 4.79 Å². The van der Waals surface area contributed by atoms with E-state index < -0.39 is 0 Å². The zero-order chi connectivity index (χ0) is 14.8. The van der Waals surface area contributed by atoms with Crippen LogP contribution in [-0.4, -0.2) is 19.0 Å². The molecule has 20 heavy (non-hydrogen) atoms. The highest BCUT2D eigenvalue weighted by molar-refractivity contribution is 5.75. The van der Waals surface area contributed by atoms with E-state index in [1.54, 1.807) is 6.07 Å². The van der Waals surface area contributed by atoms with Gasteiger partial charge in [-0.05, 0) is 56.0 Å². The third-order valence-corrected chi connectivity index (χ3v) is 3.38. The lowest BCUT2D eigenvalue weighted by atomic mass is 10.1. The summed E-state index contributed by atoms with van der Waals surface area (Å²) in [6, 6.07) is 4.76. The maximum absolute atomic E-state index is 12.9. The summed E-state index contributed by atoms with van der Waals surface area (Å²) in [6.07, 6.45) is 5.42. The summed E-state index contributed by atoms with van der Waals surface area (Å²) in [4.78, 5) is 11.6. The third-order valence-electron chi connectivity index (χ3n) is 3.38. The van der Waals surface area contributed by atoms with Gasteiger partial charge in [-0.15, -0.1) is 0 Å². The van der Waals surface area contributed by atoms with Gasteiger partial charge in [-0.25, -0.2) is 4.39 Å². The molecule has 0 fully saturated rings. The molecular formula is C16H25FN2O. The molecule has 0 aliphatic carbocycles. The van der Waals surface area contributed by atoms with Crippen molar-refractivity contribution in [2.24, 2.45) is 5.73 Å². The number of aryl methyl sites for hydroxylation is 1. The molecule has 1 aromatic carbocycles. The molecule has 0 atom stereocenters. The zero-order valence-corrected chi connectivity index (χ0v) is 12.3. The summed E-state index contributed by atoms with van der Waals surface area (Å²) in [5.74, 6) is -0.120. The summed E-state index contributed by atoms with van der Waals surface area (Å²) in [6.45, 7) is 3.22. The highest BCUT2D eigenvalue weighted by Gasteiger charge is 2.03. The number of halogens is 1. The van der Waals surface area contributed by atoms with E-state index in [1.807, 2.05) is 6.92 Å². The van der Waals surface area contributed by atoms with Gasteiger partial charge in [0.2, 0.25) is 5.91 Å². The van der Waals surface area contributed by atoms with Gasteiger partial charge in [0.1, 0.15) is 5.82 Å². The SMILES string of the molecule is Cc1cc(F)ccc1CCNC(=O)CCCCCCN. The Bertz CT molecular complexity index is 421. The minimum atomic E-state index is -0.215. The molecule has 0 bridgehead atoms. The first-order valence-corrected chi connectivity index (χ1v) is 7.35. The smallest absolute Gasteiger partial charge is 0.220 e. The van der Waals surface area contributed by atoms with Gasteiger partial charge in [-0.2, -0.15) is 0 Å². The Morgan fingerprint density at radius 1 is 1.25 bits per heavy atom. The number of unbranched alkanes of at least 4 members (excludes halogenated alkanes) is 3. The molecule has 4 heteroatoms. The summed E-state index contributed by atoms with van der Waals surface area (Å²) in [5, 5.41) is 2.91. The Kier molecular flexibility index (Phi) is 7.88. The second kappa shape index (κ2) is 9.48. The molecule has 0 spiro atoms.